The summed E-state index contributed by atoms with van der Waals surface area (Å²) in [5.74, 6) is 1.74. The van der Waals surface area contributed by atoms with E-state index in [0.717, 1.165) is 37.5 Å². The number of fused-ring (bicyclic) bond motifs is 2. The van der Waals surface area contributed by atoms with Gasteiger partial charge in [0.15, 0.2) is 5.82 Å². The van der Waals surface area contributed by atoms with Crippen LogP contribution in [-0.4, -0.2) is 32.4 Å². The van der Waals surface area contributed by atoms with Gasteiger partial charge in [-0.25, -0.2) is 0 Å². The number of esters is 1. The van der Waals surface area contributed by atoms with Crippen molar-refractivity contribution in [1.82, 2.24) is 19.3 Å². The van der Waals surface area contributed by atoms with E-state index in [2.05, 4.69) is 43.7 Å². The largest absolute Gasteiger partial charge is 0.469 e. The molecule has 3 heterocycles. The summed E-state index contributed by atoms with van der Waals surface area (Å²) in [6.45, 7) is 1.44. The van der Waals surface area contributed by atoms with Gasteiger partial charge in [-0.05, 0) is 30.4 Å². The standard InChI is InChI=1S/C18H20N4O2/c1-24-18(23)14-6-7-16-19-20-17(22(16)11-9-14)12-21-10-8-13-4-2-3-5-15(13)21/h2-5,8,10,14H,6-7,9,11-12H2,1H3. The number of carbonyl (C=O) groups is 1. The molecule has 1 atom stereocenters. The quantitative estimate of drug-likeness (QED) is 0.694. The molecule has 1 aliphatic rings. The molecule has 0 N–H and O–H groups in total. The third-order valence-electron chi connectivity index (χ3n) is 4.85. The Morgan fingerprint density at radius 2 is 2.12 bits per heavy atom. The van der Waals surface area contributed by atoms with Gasteiger partial charge in [0.1, 0.15) is 5.82 Å². The molecule has 0 saturated carbocycles. The molecule has 0 spiro atoms. The average molecular weight is 324 g/mol. The van der Waals surface area contributed by atoms with Crippen molar-refractivity contribution in [3.8, 4) is 0 Å². The smallest absolute Gasteiger partial charge is 0.308 e. The normalized spacial score (nSPS) is 17.5. The van der Waals surface area contributed by atoms with Gasteiger partial charge in [0.2, 0.25) is 0 Å². The van der Waals surface area contributed by atoms with Crippen LogP contribution in [0.3, 0.4) is 0 Å². The van der Waals surface area contributed by atoms with Gasteiger partial charge >= 0.3 is 5.97 Å². The van der Waals surface area contributed by atoms with Gasteiger partial charge in [-0.3, -0.25) is 4.79 Å². The van der Waals surface area contributed by atoms with Crippen molar-refractivity contribution in [3.63, 3.8) is 0 Å². The van der Waals surface area contributed by atoms with Crippen molar-refractivity contribution in [2.75, 3.05) is 7.11 Å². The van der Waals surface area contributed by atoms with Gasteiger partial charge in [-0.15, -0.1) is 10.2 Å². The highest BCUT2D eigenvalue weighted by Crippen LogP contribution is 2.22. The predicted molar refractivity (Wildman–Crippen MR) is 89.5 cm³/mol. The van der Waals surface area contributed by atoms with Crippen LogP contribution < -0.4 is 0 Å². The molecule has 124 valence electrons. The number of hydrogen-bond acceptors (Lipinski definition) is 4. The van der Waals surface area contributed by atoms with Crippen molar-refractivity contribution in [2.24, 2.45) is 5.92 Å². The van der Waals surface area contributed by atoms with E-state index in [1.54, 1.807) is 0 Å². The van der Waals surface area contributed by atoms with Crippen LogP contribution in [0.2, 0.25) is 0 Å². The summed E-state index contributed by atoms with van der Waals surface area (Å²) in [5, 5.41) is 9.95. The highest BCUT2D eigenvalue weighted by molar-refractivity contribution is 5.79. The lowest BCUT2D eigenvalue weighted by Gasteiger charge is -2.11. The van der Waals surface area contributed by atoms with Crippen LogP contribution in [0.25, 0.3) is 10.9 Å². The summed E-state index contributed by atoms with van der Waals surface area (Å²) in [7, 11) is 1.45. The van der Waals surface area contributed by atoms with Crippen LogP contribution in [0.1, 0.15) is 24.5 Å². The Hall–Kier alpha value is -2.63. The molecule has 0 amide bonds. The zero-order chi connectivity index (χ0) is 16.5. The van der Waals surface area contributed by atoms with Gasteiger partial charge in [-0.1, -0.05) is 18.2 Å². The molecule has 0 radical (unpaired) electrons. The molecule has 6 nitrogen and oxygen atoms in total. The lowest BCUT2D eigenvalue weighted by Crippen LogP contribution is -2.17. The predicted octanol–water partition coefficient (Wildman–Crippen LogP) is 2.41. The van der Waals surface area contributed by atoms with E-state index in [0.29, 0.717) is 6.54 Å². The highest BCUT2D eigenvalue weighted by atomic mass is 16.5. The third-order valence-corrected chi connectivity index (χ3v) is 4.85. The van der Waals surface area contributed by atoms with Gasteiger partial charge in [0, 0.05) is 24.7 Å². The second kappa shape index (κ2) is 6.11. The summed E-state index contributed by atoms with van der Waals surface area (Å²) in [4.78, 5) is 11.8. The Balaban J connectivity index is 1.59. The molecule has 0 saturated heterocycles. The Labute approximate surface area is 140 Å². The summed E-state index contributed by atoms with van der Waals surface area (Å²) in [6, 6.07) is 10.4. The maximum atomic E-state index is 11.8. The first-order valence-corrected chi connectivity index (χ1v) is 8.29. The number of para-hydroxylation sites is 1. The Kier molecular flexibility index (Phi) is 3.80. The minimum Gasteiger partial charge on any atom is -0.469 e. The van der Waals surface area contributed by atoms with Crippen molar-refractivity contribution in [3.05, 3.63) is 48.2 Å². The summed E-state index contributed by atoms with van der Waals surface area (Å²) in [6.07, 6.45) is 4.40. The molecular weight excluding hydrogens is 304 g/mol. The lowest BCUT2D eigenvalue weighted by atomic mass is 10.0. The molecule has 1 unspecified atom stereocenters. The SMILES string of the molecule is COC(=O)C1CCc2nnc(Cn3ccc4ccccc43)n2CC1. The fourth-order valence-electron chi connectivity index (χ4n) is 3.50. The van der Waals surface area contributed by atoms with Crippen LogP contribution in [0.15, 0.2) is 36.5 Å². The van der Waals surface area contributed by atoms with Crippen LogP contribution in [0, 0.1) is 5.92 Å². The molecule has 1 aliphatic heterocycles. The van der Waals surface area contributed by atoms with Crippen LogP contribution in [0.4, 0.5) is 0 Å². The Morgan fingerprint density at radius 3 is 3.00 bits per heavy atom. The first kappa shape index (κ1) is 14.9. The first-order chi connectivity index (χ1) is 11.8. The number of aromatic nitrogens is 4. The number of methoxy groups -OCH3 is 1. The van der Waals surface area contributed by atoms with E-state index in [1.807, 2.05) is 12.1 Å². The molecule has 2 aromatic heterocycles. The van der Waals surface area contributed by atoms with Crippen LogP contribution >= 0.6 is 0 Å². The molecule has 24 heavy (non-hydrogen) atoms. The van der Waals surface area contributed by atoms with E-state index in [4.69, 9.17) is 4.74 Å². The number of aryl methyl sites for hydroxylation is 1. The van der Waals surface area contributed by atoms with Gasteiger partial charge < -0.3 is 13.9 Å². The monoisotopic (exact) mass is 324 g/mol. The molecule has 3 aromatic rings. The molecule has 0 fully saturated rings. The van der Waals surface area contributed by atoms with E-state index >= 15 is 0 Å². The number of hydrogen-bond donors (Lipinski definition) is 0. The maximum absolute atomic E-state index is 11.8. The second-order valence-corrected chi connectivity index (χ2v) is 6.23. The summed E-state index contributed by atoms with van der Waals surface area (Å²) < 4.78 is 9.25. The molecule has 1 aromatic carbocycles. The van der Waals surface area contributed by atoms with E-state index in [1.165, 1.54) is 18.0 Å². The number of nitrogens with zero attached hydrogens (tertiary/aromatic N) is 4. The first-order valence-electron chi connectivity index (χ1n) is 8.29. The Bertz CT molecular complexity index is 880. The molecule has 6 heteroatoms. The zero-order valence-electron chi connectivity index (χ0n) is 13.7. The van der Waals surface area contributed by atoms with Crippen molar-refractivity contribution < 1.29 is 9.53 Å². The second-order valence-electron chi connectivity index (χ2n) is 6.23. The van der Waals surface area contributed by atoms with E-state index in [9.17, 15) is 4.79 Å². The van der Waals surface area contributed by atoms with E-state index in [-0.39, 0.29) is 11.9 Å². The minimum absolute atomic E-state index is 0.0445. The number of rotatable bonds is 3. The topological polar surface area (TPSA) is 61.9 Å². The fourth-order valence-corrected chi connectivity index (χ4v) is 3.50. The minimum atomic E-state index is -0.119. The molecule has 0 bridgehead atoms. The lowest BCUT2D eigenvalue weighted by molar-refractivity contribution is -0.145. The van der Waals surface area contributed by atoms with Crippen LogP contribution in [0.5, 0.6) is 0 Å². The summed E-state index contributed by atoms with van der Waals surface area (Å²) in [5.41, 5.74) is 1.19. The average Bonchev–Trinajstić information content (AvgIpc) is 3.13. The zero-order valence-corrected chi connectivity index (χ0v) is 13.7. The number of benzene rings is 1. The van der Waals surface area contributed by atoms with Crippen molar-refractivity contribution in [1.29, 1.82) is 0 Å². The fraction of sp³-hybridized carbons (Fsp3) is 0.389. The van der Waals surface area contributed by atoms with Gasteiger partial charge in [0.05, 0.1) is 19.6 Å². The molecule has 0 aliphatic carbocycles. The molecule has 4 rings (SSSR count). The number of carbonyl (C=O) groups excluding carboxylic acids is 1. The van der Waals surface area contributed by atoms with Gasteiger partial charge in [-0.2, -0.15) is 0 Å². The number of ether oxygens (including phenoxy) is 1. The van der Waals surface area contributed by atoms with Crippen molar-refractivity contribution >= 4 is 16.9 Å². The maximum Gasteiger partial charge on any atom is 0.308 e. The van der Waals surface area contributed by atoms with Gasteiger partial charge in [0.25, 0.3) is 0 Å². The van der Waals surface area contributed by atoms with Crippen molar-refractivity contribution in [2.45, 2.75) is 32.4 Å². The Morgan fingerprint density at radius 1 is 1.25 bits per heavy atom. The third kappa shape index (κ3) is 2.58. The van der Waals surface area contributed by atoms with E-state index < -0.39 is 0 Å². The van der Waals surface area contributed by atoms with Crippen LogP contribution in [-0.2, 0) is 29.0 Å². The molecular formula is C18H20N4O2. The highest BCUT2D eigenvalue weighted by Gasteiger charge is 2.25. The summed E-state index contributed by atoms with van der Waals surface area (Å²) >= 11 is 0.